The van der Waals surface area contributed by atoms with Crippen molar-refractivity contribution >= 4 is 22.6 Å². The fraction of sp³-hybridized carbons (Fsp3) is 0.278. The second-order valence-electron chi connectivity index (χ2n) is 5.69. The summed E-state index contributed by atoms with van der Waals surface area (Å²) < 4.78 is 2.36. The third-order valence-corrected chi connectivity index (χ3v) is 4.71. The Kier molecular flexibility index (Phi) is 3.19. The highest BCUT2D eigenvalue weighted by Gasteiger charge is 2.23. The highest BCUT2D eigenvalue weighted by molar-refractivity contribution is 6.16. The number of aromatic nitrogens is 2. The Morgan fingerprint density at radius 1 is 1.05 bits per heavy atom. The summed E-state index contributed by atoms with van der Waals surface area (Å²) in [6.07, 6.45) is 3.36. The molecule has 1 aliphatic carbocycles. The Morgan fingerprint density at radius 3 is 2.67 bits per heavy atom. The topological polar surface area (TPSA) is 17.8 Å². The van der Waals surface area contributed by atoms with Crippen LogP contribution in [0.25, 0.3) is 11.0 Å². The van der Waals surface area contributed by atoms with Crippen LogP contribution in [0.1, 0.15) is 29.4 Å². The van der Waals surface area contributed by atoms with Crippen molar-refractivity contribution in [3.63, 3.8) is 0 Å². The van der Waals surface area contributed by atoms with Gasteiger partial charge in [0.15, 0.2) is 0 Å². The zero-order valence-electron chi connectivity index (χ0n) is 11.8. The first-order valence-corrected chi connectivity index (χ1v) is 7.99. The summed E-state index contributed by atoms with van der Waals surface area (Å²) in [4.78, 5) is 4.69. The van der Waals surface area contributed by atoms with Crippen LogP contribution in [0.4, 0.5) is 0 Å². The Labute approximate surface area is 129 Å². The van der Waals surface area contributed by atoms with E-state index in [-0.39, 0.29) is 0 Å². The summed E-state index contributed by atoms with van der Waals surface area (Å²) in [5.74, 6) is 1.45. The number of imidazole rings is 1. The molecule has 3 heteroatoms. The molecular formula is C18H17ClN2. The molecule has 3 aromatic rings. The monoisotopic (exact) mass is 296 g/mol. The lowest BCUT2D eigenvalue weighted by Crippen LogP contribution is -2.20. The molecule has 0 saturated carbocycles. The average molecular weight is 297 g/mol. The van der Waals surface area contributed by atoms with E-state index in [2.05, 4.69) is 47.0 Å². The molecule has 106 valence electrons. The van der Waals surface area contributed by atoms with Crippen LogP contribution in [-0.4, -0.2) is 9.55 Å². The highest BCUT2D eigenvalue weighted by atomic mass is 35.5. The molecule has 1 unspecified atom stereocenters. The molecule has 0 saturated heterocycles. The van der Waals surface area contributed by atoms with E-state index in [9.17, 15) is 0 Å². The third kappa shape index (κ3) is 2.14. The summed E-state index contributed by atoms with van der Waals surface area (Å²) in [6.45, 7) is 0. The quantitative estimate of drug-likeness (QED) is 0.636. The number of alkyl halides is 1. The van der Waals surface area contributed by atoms with Gasteiger partial charge in [0.05, 0.1) is 16.9 Å². The summed E-state index contributed by atoms with van der Waals surface area (Å²) in [5, 5.41) is 0. The number of hydrogen-bond donors (Lipinski definition) is 0. The smallest absolute Gasteiger partial charge is 0.125 e. The number of nitrogens with zero attached hydrogens (tertiary/aromatic N) is 2. The predicted molar refractivity (Wildman–Crippen MR) is 86.8 cm³/mol. The molecule has 0 spiro atoms. The van der Waals surface area contributed by atoms with E-state index in [4.69, 9.17) is 16.6 Å². The minimum absolute atomic E-state index is 0.459. The average Bonchev–Trinajstić information content (AvgIpc) is 2.93. The van der Waals surface area contributed by atoms with Gasteiger partial charge in [-0.15, -0.1) is 11.6 Å². The fourth-order valence-electron chi connectivity index (χ4n) is 3.50. The maximum Gasteiger partial charge on any atom is 0.125 e. The standard InChI is InChI=1S/C18H17ClN2/c19-12-18-20-16-7-3-4-8-17(16)21(18)15-10-9-13-5-1-2-6-14(13)11-15/h1-8,15H,9-12H2. The Morgan fingerprint density at radius 2 is 1.81 bits per heavy atom. The van der Waals surface area contributed by atoms with Gasteiger partial charge >= 0.3 is 0 Å². The van der Waals surface area contributed by atoms with E-state index in [1.54, 1.807) is 0 Å². The van der Waals surface area contributed by atoms with E-state index < -0.39 is 0 Å². The minimum atomic E-state index is 0.459. The lowest BCUT2D eigenvalue weighted by Gasteiger charge is -2.27. The van der Waals surface area contributed by atoms with Gasteiger partial charge in [-0.05, 0) is 42.5 Å². The maximum absolute atomic E-state index is 6.14. The first kappa shape index (κ1) is 12.9. The molecule has 0 N–H and O–H groups in total. The van der Waals surface area contributed by atoms with Crippen molar-refractivity contribution in [2.75, 3.05) is 0 Å². The van der Waals surface area contributed by atoms with Crippen LogP contribution < -0.4 is 0 Å². The number of benzene rings is 2. The molecule has 0 fully saturated rings. The van der Waals surface area contributed by atoms with Gasteiger partial charge in [-0.3, -0.25) is 0 Å². The maximum atomic E-state index is 6.14. The number of rotatable bonds is 2. The molecular weight excluding hydrogens is 280 g/mol. The summed E-state index contributed by atoms with van der Waals surface area (Å²) in [5.41, 5.74) is 5.21. The zero-order valence-corrected chi connectivity index (χ0v) is 12.6. The van der Waals surface area contributed by atoms with Gasteiger partial charge in [0.2, 0.25) is 0 Å². The SMILES string of the molecule is ClCc1nc2ccccc2n1C1CCc2ccccc2C1. The fourth-order valence-corrected chi connectivity index (χ4v) is 3.68. The Hall–Kier alpha value is -1.80. The second kappa shape index (κ2) is 5.19. The van der Waals surface area contributed by atoms with Crippen molar-refractivity contribution in [3.8, 4) is 0 Å². The van der Waals surface area contributed by atoms with E-state index in [1.165, 1.54) is 16.6 Å². The first-order valence-electron chi connectivity index (χ1n) is 7.45. The van der Waals surface area contributed by atoms with Crippen molar-refractivity contribution in [1.82, 2.24) is 9.55 Å². The largest absolute Gasteiger partial charge is 0.324 e. The molecule has 1 atom stereocenters. The lowest BCUT2D eigenvalue weighted by atomic mass is 9.88. The van der Waals surface area contributed by atoms with Gasteiger partial charge in [-0.2, -0.15) is 0 Å². The zero-order chi connectivity index (χ0) is 14.2. The van der Waals surface area contributed by atoms with Gasteiger partial charge in [0.1, 0.15) is 5.82 Å². The van der Waals surface area contributed by atoms with E-state index >= 15 is 0 Å². The van der Waals surface area contributed by atoms with Crippen LogP contribution in [0.15, 0.2) is 48.5 Å². The van der Waals surface area contributed by atoms with Crippen LogP contribution in [0, 0.1) is 0 Å². The van der Waals surface area contributed by atoms with Crippen molar-refractivity contribution in [1.29, 1.82) is 0 Å². The number of para-hydroxylation sites is 2. The summed E-state index contributed by atoms with van der Waals surface area (Å²) in [7, 11) is 0. The third-order valence-electron chi connectivity index (χ3n) is 4.47. The van der Waals surface area contributed by atoms with E-state index in [1.807, 2.05) is 6.07 Å². The van der Waals surface area contributed by atoms with Gasteiger partial charge in [-0.1, -0.05) is 36.4 Å². The van der Waals surface area contributed by atoms with E-state index in [0.29, 0.717) is 11.9 Å². The Bertz CT molecular complexity index is 791. The van der Waals surface area contributed by atoms with Crippen molar-refractivity contribution < 1.29 is 0 Å². The van der Waals surface area contributed by atoms with Crippen molar-refractivity contribution in [3.05, 3.63) is 65.5 Å². The van der Waals surface area contributed by atoms with Gasteiger partial charge in [-0.25, -0.2) is 4.98 Å². The van der Waals surface area contributed by atoms with E-state index in [0.717, 1.165) is 30.6 Å². The number of fused-ring (bicyclic) bond motifs is 2. The molecule has 0 amide bonds. The summed E-state index contributed by atoms with van der Waals surface area (Å²) in [6, 6.07) is 17.6. The van der Waals surface area contributed by atoms with Gasteiger partial charge in [0.25, 0.3) is 0 Å². The molecule has 1 heterocycles. The lowest BCUT2D eigenvalue weighted by molar-refractivity contribution is 0.443. The Balaban J connectivity index is 1.81. The minimum Gasteiger partial charge on any atom is -0.324 e. The van der Waals surface area contributed by atoms with Gasteiger partial charge < -0.3 is 4.57 Å². The van der Waals surface area contributed by atoms with Crippen LogP contribution in [0.2, 0.25) is 0 Å². The number of hydrogen-bond acceptors (Lipinski definition) is 1. The van der Waals surface area contributed by atoms with Crippen LogP contribution in [0.5, 0.6) is 0 Å². The van der Waals surface area contributed by atoms with Crippen LogP contribution in [0.3, 0.4) is 0 Å². The molecule has 0 radical (unpaired) electrons. The molecule has 1 aliphatic rings. The number of halogens is 1. The van der Waals surface area contributed by atoms with Crippen molar-refractivity contribution in [2.45, 2.75) is 31.2 Å². The molecule has 0 aliphatic heterocycles. The molecule has 2 aromatic carbocycles. The normalized spacial score (nSPS) is 17.9. The molecule has 0 bridgehead atoms. The first-order chi connectivity index (χ1) is 10.4. The molecule has 21 heavy (non-hydrogen) atoms. The molecule has 1 aromatic heterocycles. The number of aryl methyl sites for hydroxylation is 1. The van der Waals surface area contributed by atoms with Crippen LogP contribution >= 0.6 is 11.6 Å². The second-order valence-corrected chi connectivity index (χ2v) is 5.95. The molecule has 4 rings (SSSR count). The van der Waals surface area contributed by atoms with Gasteiger partial charge in [0, 0.05) is 6.04 Å². The summed E-state index contributed by atoms with van der Waals surface area (Å²) >= 11 is 6.14. The highest BCUT2D eigenvalue weighted by Crippen LogP contribution is 2.32. The molecule has 2 nitrogen and oxygen atoms in total. The predicted octanol–water partition coefficient (Wildman–Crippen LogP) is 4.51. The van der Waals surface area contributed by atoms with Crippen molar-refractivity contribution in [2.24, 2.45) is 0 Å². The van der Waals surface area contributed by atoms with Crippen LogP contribution in [-0.2, 0) is 18.7 Å².